The SMILES string of the molecule is CC(C)(C)C[C@@H]1CN(C(=O)NCCC(N)=O)[C@H](c2cccc(Cl)c2F)[C@@]1(C#N)c1ccc(Cl)cc1F. The van der Waals surface area contributed by atoms with Crippen LogP contribution in [-0.2, 0) is 10.2 Å². The molecule has 0 aromatic heterocycles. The molecule has 0 aliphatic carbocycles. The van der Waals surface area contributed by atoms with Crippen molar-refractivity contribution in [2.24, 2.45) is 17.1 Å². The zero-order chi connectivity index (χ0) is 26.8. The average Bonchev–Trinajstić information content (AvgIpc) is 3.08. The van der Waals surface area contributed by atoms with E-state index in [-0.39, 0.29) is 46.1 Å². The Balaban J connectivity index is 2.28. The van der Waals surface area contributed by atoms with E-state index in [4.69, 9.17) is 28.9 Å². The number of hydrogen-bond donors (Lipinski definition) is 2. The summed E-state index contributed by atoms with van der Waals surface area (Å²) in [5.74, 6) is -2.71. The molecule has 3 N–H and O–H groups in total. The van der Waals surface area contributed by atoms with Gasteiger partial charge in [-0.3, -0.25) is 4.79 Å². The van der Waals surface area contributed by atoms with E-state index in [9.17, 15) is 14.9 Å². The first-order valence-electron chi connectivity index (χ1n) is 11.4. The molecule has 1 fully saturated rings. The minimum absolute atomic E-state index is 0.0140. The molecular weight excluding hydrogens is 509 g/mol. The summed E-state index contributed by atoms with van der Waals surface area (Å²) >= 11 is 12.1. The molecule has 3 amide bonds. The number of primary amides is 1. The molecule has 0 bridgehead atoms. The minimum Gasteiger partial charge on any atom is -0.370 e. The van der Waals surface area contributed by atoms with Crippen molar-refractivity contribution in [1.29, 1.82) is 5.26 Å². The van der Waals surface area contributed by atoms with Gasteiger partial charge in [-0.15, -0.1) is 0 Å². The third kappa shape index (κ3) is 5.42. The number of hydrogen-bond acceptors (Lipinski definition) is 3. The quantitative estimate of drug-likeness (QED) is 0.493. The first-order valence-corrected chi connectivity index (χ1v) is 12.2. The highest BCUT2D eigenvalue weighted by Gasteiger charge is 2.60. The molecule has 0 saturated carbocycles. The van der Waals surface area contributed by atoms with Gasteiger partial charge in [-0.2, -0.15) is 5.26 Å². The number of halogens is 4. The van der Waals surface area contributed by atoms with Crippen molar-refractivity contribution in [3.63, 3.8) is 0 Å². The molecule has 2 aromatic carbocycles. The van der Waals surface area contributed by atoms with E-state index in [1.54, 1.807) is 0 Å². The highest BCUT2D eigenvalue weighted by molar-refractivity contribution is 6.31. The number of carbonyl (C=O) groups is 2. The van der Waals surface area contributed by atoms with Gasteiger partial charge in [-0.1, -0.05) is 62.2 Å². The van der Waals surface area contributed by atoms with Crippen LogP contribution in [0.25, 0.3) is 0 Å². The molecule has 1 aliphatic heterocycles. The van der Waals surface area contributed by atoms with E-state index >= 15 is 8.78 Å². The minimum atomic E-state index is -1.67. The lowest BCUT2D eigenvalue weighted by Crippen LogP contribution is -2.44. The van der Waals surface area contributed by atoms with Gasteiger partial charge in [0.25, 0.3) is 0 Å². The molecule has 6 nitrogen and oxygen atoms in total. The lowest BCUT2D eigenvalue weighted by molar-refractivity contribution is -0.117. The van der Waals surface area contributed by atoms with Crippen LogP contribution in [-0.4, -0.2) is 29.9 Å². The van der Waals surface area contributed by atoms with Crippen LogP contribution >= 0.6 is 23.2 Å². The summed E-state index contributed by atoms with van der Waals surface area (Å²) in [6, 6.07) is 8.73. The molecule has 1 aliphatic rings. The maximum absolute atomic E-state index is 15.5. The third-order valence-corrected chi connectivity index (χ3v) is 6.94. The predicted octanol–water partition coefficient (Wildman–Crippen LogP) is 5.73. The van der Waals surface area contributed by atoms with Crippen molar-refractivity contribution in [3.8, 4) is 6.07 Å². The van der Waals surface area contributed by atoms with Crippen molar-refractivity contribution in [2.45, 2.75) is 45.1 Å². The van der Waals surface area contributed by atoms with Gasteiger partial charge < -0.3 is 16.0 Å². The third-order valence-electron chi connectivity index (χ3n) is 6.41. The summed E-state index contributed by atoms with van der Waals surface area (Å²) in [5, 5.41) is 13.3. The van der Waals surface area contributed by atoms with E-state index in [1.165, 1.54) is 35.2 Å². The lowest BCUT2D eigenvalue weighted by atomic mass is 9.63. The molecule has 10 heteroatoms. The number of nitriles is 1. The standard InChI is InChI=1S/C26H28Cl2F2N4O2/c1-25(2,3)12-15-13-34(24(36)33-10-9-21(32)35)23(17-5-4-6-19(28)22(17)30)26(15,14-31)18-8-7-16(27)11-20(18)29/h4-8,11,15,23H,9-10,12-13H2,1-3H3,(H2,32,35)(H,33,36)/t15-,23-,26-/m1/s1. The highest BCUT2D eigenvalue weighted by Crippen LogP contribution is 2.56. The second-order valence-corrected chi connectivity index (χ2v) is 11.1. The van der Waals surface area contributed by atoms with Crippen LogP contribution in [0.2, 0.25) is 10.0 Å². The van der Waals surface area contributed by atoms with E-state index in [0.29, 0.717) is 6.42 Å². The van der Waals surface area contributed by atoms with E-state index in [1.807, 2.05) is 20.8 Å². The van der Waals surface area contributed by atoms with E-state index < -0.39 is 40.9 Å². The number of rotatable bonds is 6. The Morgan fingerprint density at radius 2 is 1.94 bits per heavy atom. The van der Waals surface area contributed by atoms with Crippen LogP contribution in [0.4, 0.5) is 13.6 Å². The molecule has 1 saturated heterocycles. The fourth-order valence-corrected chi connectivity index (χ4v) is 5.41. The molecule has 0 unspecified atom stereocenters. The Hall–Kier alpha value is -2.89. The topological polar surface area (TPSA) is 99.2 Å². The van der Waals surface area contributed by atoms with Gasteiger partial charge in [0.05, 0.1) is 17.1 Å². The number of nitrogens with zero attached hydrogens (tertiary/aromatic N) is 2. The van der Waals surface area contributed by atoms with Gasteiger partial charge in [0.15, 0.2) is 0 Å². The fourth-order valence-electron chi connectivity index (χ4n) is 5.06. The summed E-state index contributed by atoms with van der Waals surface area (Å²) in [5.41, 5.74) is 3.20. The van der Waals surface area contributed by atoms with Crippen molar-refractivity contribution >= 4 is 35.1 Å². The zero-order valence-corrected chi connectivity index (χ0v) is 21.8. The molecule has 192 valence electrons. The molecule has 3 rings (SSSR count). The van der Waals surface area contributed by atoms with Gasteiger partial charge in [0, 0.05) is 41.6 Å². The van der Waals surface area contributed by atoms with Crippen molar-refractivity contribution in [2.75, 3.05) is 13.1 Å². The molecule has 36 heavy (non-hydrogen) atoms. The monoisotopic (exact) mass is 536 g/mol. The predicted molar refractivity (Wildman–Crippen MR) is 134 cm³/mol. The number of amides is 3. The largest absolute Gasteiger partial charge is 0.370 e. The number of nitrogens with one attached hydrogen (secondary N) is 1. The summed E-state index contributed by atoms with van der Waals surface area (Å²) in [6.07, 6.45) is 0.322. The van der Waals surface area contributed by atoms with Gasteiger partial charge in [0.1, 0.15) is 17.0 Å². The molecule has 3 atom stereocenters. The first kappa shape index (κ1) is 27.7. The Kier molecular flexibility index (Phi) is 8.17. The van der Waals surface area contributed by atoms with Crippen LogP contribution in [0.3, 0.4) is 0 Å². The van der Waals surface area contributed by atoms with Gasteiger partial charge in [0.2, 0.25) is 5.91 Å². The van der Waals surface area contributed by atoms with Gasteiger partial charge >= 0.3 is 6.03 Å². The Labute approximate surface area is 219 Å². The fraction of sp³-hybridized carbons (Fsp3) is 0.423. The number of urea groups is 1. The molecule has 0 spiro atoms. The van der Waals surface area contributed by atoms with Crippen LogP contribution in [0.5, 0.6) is 0 Å². The maximum atomic E-state index is 15.5. The van der Waals surface area contributed by atoms with Crippen molar-refractivity contribution in [3.05, 3.63) is 69.2 Å². The number of carbonyl (C=O) groups excluding carboxylic acids is 2. The molecule has 1 heterocycles. The second kappa shape index (κ2) is 10.6. The summed E-state index contributed by atoms with van der Waals surface area (Å²) < 4.78 is 31.0. The molecule has 2 aromatic rings. The summed E-state index contributed by atoms with van der Waals surface area (Å²) in [4.78, 5) is 25.9. The van der Waals surface area contributed by atoms with Crippen molar-refractivity contribution < 1.29 is 18.4 Å². The smallest absolute Gasteiger partial charge is 0.318 e. The summed E-state index contributed by atoms with van der Waals surface area (Å²) in [7, 11) is 0. The highest BCUT2D eigenvalue weighted by atomic mass is 35.5. The Bertz CT molecular complexity index is 1210. The van der Waals surface area contributed by atoms with Gasteiger partial charge in [-0.05, 0) is 30.0 Å². The number of benzene rings is 2. The van der Waals surface area contributed by atoms with Crippen LogP contribution in [0.15, 0.2) is 36.4 Å². The number of nitrogens with two attached hydrogens (primary N) is 1. The number of likely N-dealkylation sites (tertiary alicyclic amines) is 1. The second-order valence-electron chi connectivity index (χ2n) is 10.2. The molecular formula is C26H28Cl2F2N4O2. The van der Waals surface area contributed by atoms with E-state index in [2.05, 4.69) is 11.4 Å². The maximum Gasteiger partial charge on any atom is 0.318 e. The zero-order valence-electron chi connectivity index (χ0n) is 20.2. The van der Waals surface area contributed by atoms with E-state index in [0.717, 1.165) is 6.07 Å². The summed E-state index contributed by atoms with van der Waals surface area (Å²) in [6.45, 7) is 5.90. The first-order chi connectivity index (χ1) is 16.8. The molecule has 0 radical (unpaired) electrons. The average molecular weight is 537 g/mol. The van der Waals surface area contributed by atoms with Crippen molar-refractivity contribution in [1.82, 2.24) is 10.2 Å². The van der Waals surface area contributed by atoms with Crippen LogP contribution < -0.4 is 11.1 Å². The van der Waals surface area contributed by atoms with Crippen LogP contribution in [0, 0.1) is 34.3 Å². The Morgan fingerprint density at radius 1 is 1.25 bits per heavy atom. The Morgan fingerprint density at radius 3 is 2.53 bits per heavy atom. The van der Waals surface area contributed by atoms with Gasteiger partial charge in [-0.25, -0.2) is 13.6 Å². The van der Waals surface area contributed by atoms with Crippen LogP contribution in [0.1, 0.15) is 50.8 Å². The normalized spacial score (nSPS) is 21.8. The lowest BCUT2D eigenvalue weighted by Gasteiger charge is -2.38.